The van der Waals surface area contributed by atoms with Gasteiger partial charge in [-0.1, -0.05) is 40.2 Å². The van der Waals surface area contributed by atoms with Crippen LogP contribution in [0.1, 0.15) is 22.3 Å². The molecule has 29 heavy (non-hydrogen) atoms. The van der Waals surface area contributed by atoms with E-state index in [1.165, 1.54) is 5.56 Å². The molecule has 0 aliphatic heterocycles. The van der Waals surface area contributed by atoms with Crippen LogP contribution in [-0.4, -0.2) is 18.7 Å². The molecule has 3 rings (SSSR count). The number of hydrogen-bond acceptors (Lipinski definition) is 3. The Hall–Kier alpha value is -2.92. The molecule has 0 atom stereocenters. The van der Waals surface area contributed by atoms with Gasteiger partial charge in [-0.2, -0.15) is 0 Å². The molecule has 0 heterocycles. The quantitative estimate of drug-likeness (QED) is 0.458. The van der Waals surface area contributed by atoms with Gasteiger partial charge in [-0.3, -0.25) is 9.79 Å². The van der Waals surface area contributed by atoms with E-state index >= 15 is 0 Å². The average molecular weight is 451 g/mol. The first kappa shape index (κ1) is 20.8. The highest BCUT2D eigenvalue weighted by molar-refractivity contribution is 9.10. The summed E-state index contributed by atoms with van der Waals surface area (Å²) in [6.07, 6.45) is 1.76. The van der Waals surface area contributed by atoms with Gasteiger partial charge >= 0.3 is 0 Å². The number of nitrogens with one attached hydrogen (secondary N) is 1. The van der Waals surface area contributed by atoms with E-state index in [0.717, 1.165) is 32.5 Å². The van der Waals surface area contributed by atoms with Gasteiger partial charge in [-0.05, 0) is 73.9 Å². The molecule has 0 aliphatic carbocycles. The zero-order chi connectivity index (χ0) is 20.8. The molecule has 5 heteroatoms. The Bertz CT molecular complexity index is 1060. The van der Waals surface area contributed by atoms with Crippen LogP contribution in [0, 0.1) is 20.8 Å². The van der Waals surface area contributed by atoms with Crippen molar-refractivity contribution in [1.29, 1.82) is 0 Å². The molecule has 0 bridgehead atoms. The lowest BCUT2D eigenvalue weighted by Crippen LogP contribution is -2.20. The fourth-order valence-electron chi connectivity index (χ4n) is 2.83. The molecule has 0 saturated heterocycles. The number of nitrogens with zero attached hydrogens (tertiary/aromatic N) is 1. The molecule has 148 valence electrons. The predicted octanol–water partition coefficient (Wildman–Crippen LogP) is 6.14. The van der Waals surface area contributed by atoms with E-state index in [2.05, 4.69) is 46.2 Å². The number of amides is 1. The fraction of sp³-hybridized carbons (Fsp3) is 0.167. The van der Waals surface area contributed by atoms with Crippen molar-refractivity contribution in [3.63, 3.8) is 0 Å². The van der Waals surface area contributed by atoms with Crippen molar-refractivity contribution in [3.05, 3.63) is 87.4 Å². The second kappa shape index (κ2) is 9.52. The fourth-order valence-corrected chi connectivity index (χ4v) is 3.21. The van der Waals surface area contributed by atoms with Crippen LogP contribution in [0.25, 0.3) is 0 Å². The third-order valence-electron chi connectivity index (χ3n) is 4.55. The highest BCUT2D eigenvalue weighted by atomic mass is 79.9. The minimum atomic E-state index is -0.212. The second-order valence-electron chi connectivity index (χ2n) is 6.87. The van der Waals surface area contributed by atoms with Crippen molar-refractivity contribution in [2.75, 3.05) is 11.9 Å². The first-order chi connectivity index (χ1) is 13.9. The summed E-state index contributed by atoms with van der Waals surface area (Å²) < 4.78 is 6.69. The van der Waals surface area contributed by atoms with Crippen LogP contribution in [-0.2, 0) is 4.79 Å². The topological polar surface area (TPSA) is 50.7 Å². The first-order valence-electron chi connectivity index (χ1n) is 9.31. The van der Waals surface area contributed by atoms with Crippen molar-refractivity contribution in [2.24, 2.45) is 4.99 Å². The van der Waals surface area contributed by atoms with Gasteiger partial charge in [0.2, 0.25) is 0 Å². The minimum absolute atomic E-state index is 0.0834. The Morgan fingerprint density at radius 1 is 1.07 bits per heavy atom. The van der Waals surface area contributed by atoms with Gasteiger partial charge in [0.1, 0.15) is 5.75 Å². The molecule has 0 aromatic heterocycles. The smallest absolute Gasteiger partial charge is 0.262 e. The largest absolute Gasteiger partial charge is 0.483 e. The molecule has 4 nitrogen and oxygen atoms in total. The van der Waals surface area contributed by atoms with Gasteiger partial charge in [-0.25, -0.2) is 0 Å². The molecule has 3 aromatic carbocycles. The lowest BCUT2D eigenvalue weighted by Gasteiger charge is -2.11. The van der Waals surface area contributed by atoms with Crippen molar-refractivity contribution in [3.8, 4) is 5.75 Å². The predicted molar refractivity (Wildman–Crippen MR) is 123 cm³/mol. The summed E-state index contributed by atoms with van der Waals surface area (Å²) in [6.45, 7) is 6.01. The second-order valence-corrected chi connectivity index (χ2v) is 7.78. The van der Waals surface area contributed by atoms with Crippen LogP contribution >= 0.6 is 15.9 Å². The van der Waals surface area contributed by atoms with Crippen LogP contribution in [0.3, 0.4) is 0 Å². The van der Waals surface area contributed by atoms with E-state index in [-0.39, 0.29) is 12.5 Å². The standard InChI is InChI=1S/C24H23BrN2O2/c1-16-6-4-8-21(12-16)27-24(28)15-29-23-11-10-20(25)13-19(23)14-26-22-9-5-7-17(2)18(22)3/h4-14H,15H2,1-3H3,(H,27,28). The van der Waals surface area contributed by atoms with Crippen molar-refractivity contribution >= 4 is 39.4 Å². The first-order valence-corrected chi connectivity index (χ1v) is 10.1. The molecule has 0 aliphatic rings. The van der Waals surface area contributed by atoms with Gasteiger partial charge in [-0.15, -0.1) is 0 Å². The van der Waals surface area contributed by atoms with Gasteiger partial charge in [0.15, 0.2) is 6.61 Å². The Balaban J connectivity index is 1.72. The zero-order valence-corrected chi connectivity index (χ0v) is 18.3. The molecule has 3 aromatic rings. The van der Waals surface area contributed by atoms with E-state index in [1.54, 1.807) is 6.21 Å². The normalized spacial score (nSPS) is 10.9. The van der Waals surface area contributed by atoms with Gasteiger partial charge in [0, 0.05) is 21.9 Å². The molecule has 0 unspecified atom stereocenters. The molecular weight excluding hydrogens is 428 g/mol. The summed E-state index contributed by atoms with van der Waals surface area (Å²) in [6, 6.07) is 19.3. The molecule has 0 radical (unpaired) electrons. The lowest BCUT2D eigenvalue weighted by atomic mass is 10.1. The number of aliphatic imine (C=N–C) groups is 1. The number of aryl methyl sites for hydroxylation is 2. The van der Waals surface area contributed by atoms with E-state index in [0.29, 0.717) is 5.75 Å². The van der Waals surface area contributed by atoms with Crippen LogP contribution in [0.2, 0.25) is 0 Å². The summed E-state index contributed by atoms with van der Waals surface area (Å²) >= 11 is 3.48. The molecule has 0 fully saturated rings. The Morgan fingerprint density at radius 3 is 2.66 bits per heavy atom. The third kappa shape index (κ3) is 5.78. The number of anilines is 1. The summed E-state index contributed by atoms with van der Waals surface area (Å²) in [5.74, 6) is 0.387. The Labute approximate surface area is 179 Å². The summed E-state index contributed by atoms with van der Waals surface area (Å²) in [5, 5.41) is 2.85. The summed E-state index contributed by atoms with van der Waals surface area (Å²) in [7, 11) is 0. The van der Waals surface area contributed by atoms with Crippen molar-refractivity contribution < 1.29 is 9.53 Å². The highest BCUT2D eigenvalue weighted by Crippen LogP contribution is 2.25. The number of hydrogen-bond donors (Lipinski definition) is 1. The van der Waals surface area contributed by atoms with E-state index in [9.17, 15) is 4.79 Å². The maximum Gasteiger partial charge on any atom is 0.262 e. The number of carbonyl (C=O) groups excluding carboxylic acids is 1. The van der Waals surface area contributed by atoms with Gasteiger partial charge in [0.25, 0.3) is 5.91 Å². The third-order valence-corrected chi connectivity index (χ3v) is 5.04. The average Bonchev–Trinajstić information content (AvgIpc) is 2.68. The van der Waals surface area contributed by atoms with Gasteiger partial charge < -0.3 is 10.1 Å². The lowest BCUT2D eigenvalue weighted by molar-refractivity contribution is -0.118. The van der Waals surface area contributed by atoms with Crippen molar-refractivity contribution in [2.45, 2.75) is 20.8 Å². The maximum atomic E-state index is 12.3. The van der Waals surface area contributed by atoms with Crippen molar-refractivity contribution in [1.82, 2.24) is 0 Å². The maximum absolute atomic E-state index is 12.3. The van der Waals surface area contributed by atoms with Crippen LogP contribution < -0.4 is 10.1 Å². The molecular formula is C24H23BrN2O2. The van der Waals surface area contributed by atoms with Crippen LogP contribution in [0.5, 0.6) is 5.75 Å². The SMILES string of the molecule is Cc1cccc(NC(=O)COc2ccc(Br)cc2C=Nc2cccc(C)c2C)c1. The molecule has 0 saturated carbocycles. The summed E-state index contributed by atoms with van der Waals surface area (Å²) in [5.41, 5.74) is 5.88. The van der Waals surface area contributed by atoms with E-state index in [4.69, 9.17) is 4.74 Å². The Morgan fingerprint density at radius 2 is 1.86 bits per heavy atom. The van der Waals surface area contributed by atoms with E-state index < -0.39 is 0 Å². The summed E-state index contributed by atoms with van der Waals surface area (Å²) in [4.78, 5) is 16.9. The van der Waals surface area contributed by atoms with Gasteiger partial charge in [0.05, 0.1) is 5.69 Å². The number of carbonyl (C=O) groups is 1. The minimum Gasteiger partial charge on any atom is -0.483 e. The van der Waals surface area contributed by atoms with Crippen LogP contribution in [0.4, 0.5) is 11.4 Å². The molecule has 1 N–H and O–H groups in total. The molecule has 0 spiro atoms. The monoisotopic (exact) mass is 450 g/mol. The number of rotatable bonds is 6. The highest BCUT2D eigenvalue weighted by Gasteiger charge is 2.08. The number of ether oxygens (including phenoxy) is 1. The number of halogens is 1. The zero-order valence-electron chi connectivity index (χ0n) is 16.7. The molecule has 1 amide bonds. The Kier molecular flexibility index (Phi) is 6.83. The number of benzene rings is 3. The van der Waals surface area contributed by atoms with E-state index in [1.807, 2.05) is 61.5 Å². The van der Waals surface area contributed by atoms with Crippen LogP contribution in [0.15, 0.2) is 70.1 Å².